The number of nitrogens with zero attached hydrogens (tertiary/aromatic N) is 3. The number of hydrogen-bond donors (Lipinski definition) is 0. The molecule has 0 amide bonds. The molecule has 0 N–H and O–H groups in total. The lowest BCUT2D eigenvalue weighted by atomic mass is 9.89. The first-order valence-corrected chi connectivity index (χ1v) is 6.32. The van der Waals surface area contributed by atoms with Gasteiger partial charge in [0.05, 0.1) is 11.5 Å². The van der Waals surface area contributed by atoms with Gasteiger partial charge in [-0.2, -0.15) is 5.26 Å². The van der Waals surface area contributed by atoms with E-state index in [0.29, 0.717) is 6.54 Å². The first-order valence-electron chi connectivity index (χ1n) is 6.32. The molecule has 1 heterocycles. The number of aromatic nitrogens is 2. The molecule has 1 aromatic rings. The Labute approximate surface area is 108 Å². The van der Waals surface area contributed by atoms with Crippen molar-refractivity contribution in [3.63, 3.8) is 0 Å². The van der Waals surface area contributed by atoms with Crippen LogP contribution in [0.2, 0.25) is 0 Å². The highest BCUT2D eigenvalue weighted by molar-refractivity contribution is 5.01. The van der Waals surface area contributed by atoms with Crippen molar-refractivity contribution in [2.45, 2.75) is 53.5 Å². The monoisotopic (exact) mass is 247 g/mol. The second kappa shape index (κ2) is 5.81. The molecule has 0 bridgehead atoms. The molecule has 0 unspecified atom stereocenters. The van der Waals surface area contributed by atoms with Gasteiger partial charge in [0.25, 0.3) is 5.56 Å². The van der Waals surface area contributed by atoms with Crippen LogP contribution in [0.5, 0.6) is 0 Å². The van der Waals surface area contributed by atoms with E-state index in [-0.39, 0.29) is 11.0 Å². The third kappa shape index (κ3) is 3.99. The Hall–Kier alpha value is -1.63. The number of aryl methyl sites for hydroxylation is 2. The van der Waals surface area contributed by atoms with Gasteiger partial charge in [0.2, 0.25) is 0 Å². The minimum atomic E-state index is -0.272. The Bertz CT molecular complexity index is 509. The van der Waals surface area contributed by atoms with Gasteiger partial charge in [-0.25, -0.2) is 4.98 Å². The maximum absolute atomic E-state index is 11.8. The molecule has 0 spiro atoms. The summed E-state index contributed by atoms with van der Waals surface area (Å²) in [5.74, 6) is 0.763. The fourth-order valence-electron chi connectivity index (χ4n) is 1.93. The van der Waals surface area contributed by atoms with Gasteiger partial charge in [-0.1, -0.05) is 6.42 Å². The molecule has 0 aromatic carbocycles. The highest BCUT2D eigenvalue weighted by Crippen LogP contribution is 2.21. The summed E-state index contributed by atoms with van der Waals surface area (Å²) in [5.41, 5.74) is 0.504. The SMILES string of the molecule is Cc1cc(=O)n(CCCCC(C)(C)C#N)c(C)n1. The van der Waals surface area contributed by atoms with Crippen LogP contribution in [-0.4, -0.2) is 9.55 Å². The molecular weight excluding hydrogens is 226 g/mol. The highest BCUT2D eigenvalue weighted by Gasteiger charge is 2.15. The largest absolute Gasteiger partial charge is 0.297 e. The van der Waals surface area contributed by atoms with Crippen LogP contribution in [0.1, 0.15) is 44.6 Å². The molecule has 98 valence electrons. The van der Waals surface area contributed by atoms with E-state index in [2.05, 4.69) is 11.1 Å². The quantitative estimate of drug-likeness (QED) is 0.751. The zero-order valence-electron chi connectivity index (χ0n) is 11.7. The Balaban J connectivity index is 2.56. The maximum atomic E-state index is 11.8. The fourth-order valence-corrected chi connectivity index (χ4v) is 1.93. The zero-order valence-corrected chi connectivity index (χ0v) is 11.7. The number of unbranched alkanes of at least 4 members (excludes halogenated alkanes) is 1. The predicted molar refractivity (Wildman–Crippen MR) is 71.2 cm³/mol. The Morgan fingerprint density at radius 2 is 2.06 bits per heavy atom. The van der Waals surface area contributed by atoms with Crippen LogP contribution < -0.4 is 5.56 Å². The highest BCUT2D eigenvalue weighted by atomic mass is 16.1. The molecule has 0 aliphatic heterocycles. The molecule has 0 saturated heterocycles. The van der Waals surface area contributed by atoms with Crippen molar-refractivity contribution in [1.82, 2.24) is 9.55 Å². The lowest BCUT2D eigenvalue weighted by Crippen LogP contribution is -2.23. The van der Waals surface area contributed by atoms with Gasteiger partial charge in [0, 0.05) is 18.3 Å². The van der Waals surface area contributed by atoms with E-state index in [1.54, 1.807) is 10.6 Å². The summed E-state index contributed by atoms with van der Waals surface area (Å²) < 4.78 is 1.70. The van der Waals surface area contributed by atoms with Gasteiger partial charge in [-0.05, 0) is 40.5 Å². The Morgan fingerprint density at radius 3 is 2.61 bits per heavy atom. The van der Waals surface area contributed by atoms with Crippen LogP contribution >= 0.6 is 0 Å². The summed E-state index contributed by atoms with van der Waals surface area (Å²) in [6.07, 6.45) is 2.70. The van der Waals surface area contributed by atoms with E-state index in [1.165, 1.54) is 0 Å². The molecular formula is C14H21N3O. The van der Waals surface area contributed by atoms with Crippen molar-refractivity contribution in [1.29, 1.82) is 5.26 Å². The van der Waals surface area contributed by atoms with Gasteiger partial charge in [0.15, 0.2) is 0 Å². The molecule has 4 heteroatoms. The molecule has 0 fully saturated rings. The minimum absolute atomic E-state index is 0.0135. The van der Waals surface area contributed by atoms with Gasteiger partial charge >= 0.3 is 0 Å². The Morgan fingerprint density at radius 1 is 1.39 bits per heavy atom. The van der Waals surface area contributed by atoms with E-state index in [1.807, 2.05) is 27.7 Å². The van der Waals surface area contributed by atoms with Crippen LogP contribution in [0.4, 0.5) is 0 Å². The van der Waals surface area contributed by atoms with Crippen LogP contribution in [0.25, 0.3) is 0 Å². The van der Waals surface area contributed by atoms with Crippen LogP contribution in [0.3, 0.4) is 0 Å². The normalized spacial score (nSPS) is 11.3. The van der Waals surface area contributed by atoms with Crippen LogP contribution in [-0.2, 0) is 6.54 Å². The second-order valence-corrected chi connectivity index (χ2v) is 5.39. The molecule has 1 aromatic heterocycles. The summed E-state index contributed by atoms with van der Waals surface area (Å²) in [4.78, 5) is 16.1. The average Bonchev–Trinajstić information content (AvgIpc) is 2.26. The number of hydrogen-bond acceptors (Lipinski definition) is 3. The third-order valence-corrected chi connectivity index (χ3v) is 3.06. The molecule has 4 nitrogen and oxygen atoms in total. The molecule has 0 radical (unpaired) electrons. The number of nitriles is 1. The summed E-state index contributed by atoms with van der Waals surface area (Å²) in [7, 11) is 0. The standard InChI is InChI=1S/C14H21N3O/c1-11-9-13(18)17(12(2)16-11)8-6-5-7-14(3,4)10-15/h9H,5-8H2,1-4H3. The van der Waals surface area contributed by atoms with Crippen molar-refractivity contribution >= 4 is 0 Å². The van der Waals surface area contributed by atoms with E-state index >= 15 is 0 Å². The fraction of sp³-hybridized carbons (Fsp3) is 0.643. The second-order valence-electron chi connectivity index (χ2n) is 5.39. The van der Waals surface area contributed by atoms with Crippen LogP contribution in [0, 0.1) is 30.6 Å². The predicted octanol–water partition coefficient (Wildman–Crippen LogP) is 2.58. The molecule has 0 atom stereocenters. The van der Waals surface area contributed by atoms with Gasteiger partial charge in [-0.3, -0.25) is 9.36 Å². The van der Waals surface area contributed by atoms with Crippen molar-refractivity contribution in [2.75, 3.05) is 0 Å². The van der Waals surface area contributed by atoms with Crippen molar-refractivity contribution < 1.29 is 0 Å². The van der Waals surface area contributed by atoms with Gasteiger partial charge < -0.3 is 0 Å². The summed E-state index contributed by atoms with van der Waals surface area (Å²) in [6, 6.07) is 3.85. The average molecular weight is 247 g/mol. The minimum Gasteiger partial charge on any atom is -0.297 e. The topological polar surface area (TPSA) is 58.7 Å². The molecule has 0 saturated carbocycles. The van der Waals surface area contributed by atoms with E-state index in [4.69, 9.17) is 5.26 Å². The first kappa shape index (κ1) is 14.4. The van der Waals surface area contributed by atoms with E-state index in [0.717, 1.165) is 30.8 Å². The van der Waals surface area contributed by atoms with Crippen LogP contribution in [0.15, 0.2) is 10.9 Å². The number of rotatable bonds is 5. The molecule has 0 aliphatic rings. The van der Waals surface area contributed by atoms with Crippen molar-refractivity contribution in [2.24, 2.45) is 5.41 Å². The van der Waals surface area contributed by atoms with Gasteiger partial charge in [-0.15, -0.1) is 0 Å². The first-order chi connectivity index (χ1) is 8.35. The summed E-state index contributed by atoms with van der Waals surface area (Å²) in [5, 5.41) is 8.91. The zero-order chi connectivity index (χ0) is 13.8. The maximum Gasteiger partial charge on any atom is 0.253 e. The van der Waals surface area contributed by atoms with E-state index in [9.17, 15) is 4.79 Å². The van der Waals surface area contributed by atoms with Gasteiger partial charge in [0.1, 0.15) is 5.82 Å². The summed E-state index contributed by atoms with van der Waals surface area (Å²) >= 11 is 0. The van der Waals surface area contributed by atoms with E-state index < -0.39 is 0 Å². The molecule has 0 aliphatic carbocycles. The molecule has 18 heavy (non-hydrogen) atoms. The summed E-state index contributed by atoms with van der Waals surface area (Å²) in [6.45, 7) is 8.25. The lowest BCUT2D eigenvalue weighted by Gasteiger charge is -2.15. The lowest BCUT2D eigenvalue weighted by molar-refractivity contribution is 0.413. The third-order valence-electron chi connectivity index (χ3n) is 3.06. The molecule has 1 rings (SSSR count). The van der Waals surface area contributed by atoms with Crippen molar-refractivity contribution in [3.05, 3.63) is 27.9 Å². The van der Waals surface area contributed by atoms with Crippen molar-refractivity contribution in [3.8, 4) is 6.07 Å². The smallest absolute Gasteiger partial charge is 0.253 e. The Kier molecular flexibility index (Phi) is 4.66.